The molecule has 2 rings (SSSR count). The monoisotopic (exact) mass is 230 g/mol. The summed E-state index contributed by atoms with van der Waals surface area (Å²) in [5.74, 6) is 2.03. The van der Waals surface area contributed by atoms with Gasteiger partial charge in [-0.3, -0.25) is 0 Å². The SMILES string of the molecule is CN1CCC(NCC2(O)CCSC2)CC1. The number of hydrogen-bond donors (Lipinski definition) is 2. The van der Waals surface area contributed by atoms with Gasteiger partial charge in [0.2, 0.25) is 0 Å². The minimum Gasteiger partial charge on any atom is -0.388 e. The minimum absolute atomic E-state index is 0.423. The summed E-state index contributed by atoms with van der Waals surface area (Å²) < 4.78 is 0. The highest BCUT2D eigenvalue weighted by atomic mass is 32.2. The number of piperidine rings is 1. The number of nitrogens with one attached hydrogen (secondary N) is 1. The van der Waals surface area contributed by atoms with E-state index in [1.807, 2.05) is 11.8 Å². The quantitative estimate of drug-likeness (QED) is 0.742. The first-order valence-electron chi connectivity index (χ1n) is 5.90. The Morgan fingerprint density at radius 2 is 2.20 bits per heavy atom. The Labute approximate surface area is 96.6 Å². The van der Waals surface area contributed by atoms with Gasteiger partial charge in [-0.1, -0.05) is 0 Å². The molecule has 3 nitrogen and oxygen atoms in total. The molecule has 15 heavy (non-hydrogen) atoms. The molecular weight excluding hydrogens is 208 g/mol. The molecule has 2 aliphatic rings. The topological polar surface area (TPSA) is 35.5 Å². The highest BCUT2D eigenvalue weighted by molar-refractivity contribution is 7.99. The van der Waals surface area contributed by atoms with Crippen LogP contribution in [-0.2, 0) is 0 Å². The largest absolute Gasteiger partial charge is 0.388 e. The van der Waals surface area contributed by atoms with Crippen LogP contribution in [0.5, 0.6) is 0 Å². The van der Waals surface area contributed by atoms with E-state index in [0.717, 1.165) is 24.5 Å². The van der Waals surface area contributed by atoms with E-state index in [2.05, 4.69) is 17.3 Å². The van der Waals surface area contributed by atoms with E-state index in [0.29, 0.717) is 6.04 Å². The Bertz CT molecular complexity index is 199. The van der Waals surface area contributed by atoms with Crippen molar-refractivity contribution in [2.75, 3.05) is 38.2 Å². The lowest BCUT2D eigenvalue weighted by Gasteiger charge is -2.32. The van der Waals surface area contributed by atoms with E-state index in [9.17, 15) is 5.11 Å². The van der Waals surface area contributed by atoms with Crippen molar-refractivity contribution in [1.82, 2.24) is 10.2 Å². The van der Waals surface area contributed by atoms with Gasteiger partial charge in [-0.25, -0.2) is 0 Å². The molecule has 0 spiro atoms. The molecule has 2 aliphatic heterocycles. The van der Waals surface area contributed by atoms with Gasteiger partial charge < -0.3 is 15.3 Å². The van der Waals surface area contributed by atoms with Crippen LogP contribution in [0.4, 0.5) is 0 Å². The Balaban J connectivity index is 1.69. The number of nitrogens with zero attached hydrogens (tertiary/aromatic N) is 1. The molecule has 2 fully saturated rings. The van der Waals surface area contributed by atoms with Gasteiger partial charge in [0.25, 0.3) is 0 Å². The molecule has 0 aliphatic carbocycles. The second-order valence-corrected chi connectivity index (χ2v) is 6.09. The van der Waals surface area contributed by atoms with E-state index >= 15 is 0 Å². The Hall–Kier alpha value is 0.230. The first kappa shape index (κ1) is 11.7. The van der Waals surface area contributed by atoms with Gasteiger partial charge in [-0.15, -0.1) is 0 Å². The number of aliphatic hydroxyl groups is 1. The zero-order chi connectivity index (χ0) is 10.7. The smallest absolute Gasteiger partial charge is 0.0869 e. The van der Waals surface area contributed by atoms with Gasteiger partial charge in [0.1, 0.15) is 0 Å². The number of rotatable bonds is 3. The van der Waals surface area contributed by atoms with Crippen molar-refractivity contribution in [2.45, 2.75) is 30.9 Å². The third-order valence-corrected chi connectivity index (χ3v) is 4.76. The maximum atomic E-state index is 10.2. The lowest BCUT2D eigenvalue weighted by molar-refractivity contribution is 0.0613. The van der Waals surface area contributed by atoms with E-state index in [1.54, 1.807) is 0 Å². The van der Waals surface area contributed by atoms with E-state index in [1.165, 1.54) is 25.9 Å². The molecule has 4 heteroatoms. The van der Waals surface area contributed by atoms with Crippen LogP contribution in [0.25, 0.3) is 0 Å². The zero-order valence-electron chi connectivity index (χ0n) is 9.54. The van der Waals surface area contributed by atoms with Gasteiger partial charge >= 0.3 is 0 Å². The second kappa shape index (κ2) is 5.04. The molecule has 1 unspecified atom stereocenters. The normalized spacial score (nSPS) is 34.8. The van der Waals surface area contributed by atoms with Crippen molar-refractivity contribution in [3.63, 3.8) is 0 Å². The van der Waals surface area contributed by atoms with Gasteiger partial charge in [-0.2, -0.15) is 11.8 Å². The van der Waals surface area contributed by atoms with E-state index < -0.39 is 5.60 Å². The Morgan fingerprint density at radius 3 is 2.80 bits per heavy atom. The molecule has 0 saturated carbocycles. The molecule has 1 atom stereocenters. The molecule has 0 aromatic carbocycles. The fourth-order valence-corrected chi connectivity index (χ4v) is 3.58. The van der Waals surface area contributed by atoms with Crippen LogP contribution < -0.4 is 5.32 Å². The predicted molar refractivity (Wildman–Crippen MR) is 65.4 cm³/mol. The average molecular weight is 230 g/mol. The molecule has 0 radical (unpaired) electrons. The summed E-state index contributed by atoms with van der Waals surface area (Å²) in [6.07, 6.45) is 3.40. The summed E-state index contributed by atoms with van der Waals surface area (Å²) in [4.78, 5) is 2.37. The third kappa shape index (κ3) is 3.34. The van der Waals surface area contributed by atoms with Gasteiger partial charge in [0.05, 0.1) is 5.60 Å². The van der Waals surface area contributed by atoms with Crippen LogP contribution in [0.2, 0.25) is 0 Å². The van der Waals surface area contributed by atoms with Crippen LogP contribution in [0.3, 0.4) is 0 Å². The Morgan fingerprint density at radius 1 is 1.47 bits per heavy atom. The number of hydrogen-bond acceptors (Lipinski definition) is 4. The van der Waals surface area contributed by atoms with Crippen LogP contribution in [0, 0.1) is 0 Å². The minimum atomic E-state index is -0.423. The van der Waals surface area contributed by atoms with Crippen molar-refractivity contribution in [2.24, 2.45) is 0 Å². The molecule has 0 bridgehead atoms. The fourth-order valence-electron chi connectivity index (χ4n) is 2.28. The summed E-state index contributed by atoms with van der Waals surface area (Å²) in [6, 6.07) is 0.621. The first-order valence-corrected chi connectivity index (χ1v) is 7.05. The van der Waals surface area contributed by atoms with Gasteiger partial charge in [-0.05, 0) is 45.2 Å². The summed E-state index contributed by atoms with van der Waals surface area (Å²) >= 11 is 1.87. The molecule has 88 valence electrons. The fraction of sp³-hybridized carbons (Fsp3) is 1.00. The third-order valence-electron chi connectivity index (χ3n) is 3.52. The standard InChI is InChI=1S/C11H22N2OS/c1-13-5-2-10(3-6-13)12-8-11(14)4-7-15-9-11/h10,12,14H,2-9H2,1H3. The van der Waals surface area contributed by atoms with Crippen molar-refractivity contribution in [1.29, 1.82) is 0 Å². The lowest BCUT2D eigenvalue weighted by atomic mass is 10.0. The highest BCUT2D eigenvalue weighted by Crippen LogP contribution is 2.27. The molecule has 2 N–H and O–H groups in total. The van der Waals surface area contributed by atoms with E-state index in [-0.39, 0.29) is 0 Å². The number of thioether (sulfide) groups is 1. The predicted octanol–water partition coefficient (Wildman–Crippen LogP) is 0.538. The van der Waals surface area contributed by atoms with Gasteiger partial charge in [0, 0.05) is 18.3 Å². The van der Waals surface area contributed by atoms with Crippen molar-refractivity contribution in [3.8, 4) is 0 Å². The van der Waals surface area contributed by atoms with Crippen LogP contribution >= 0.6 is 11.8 Å². The number of likely N-dealkylation sites (tertiary alicyclic amines) is 1. The van der Waals surface area contributed by atoms with Crippen LogP contribution in [0.1, 0.15) is 19.3 Å². The van der Waals surface area contributed by atoms with Crippen LogP contribution in [0.15, 0.2) is 0 Å². The van der Waals surface area contributed by atoms with Gasteiger partial charge in [0.15, 0.2) is 0 Å². The van der Waals surface area contributed by atoms with Crippen LogP contribution in [-0.4, -0.2) is 59.8 Å². The first-order chi connectivity index (χ1) is 7.18. The summed E-state index contributed by atoms with van der Waals surface area (Å²) in [7, 11) is 2.18. The van der Waals surface area contributed by atoms with Crippen molar-refractivity contribution >= 4 is 11.8 Å². The molecule has 0 aromatic heterocycles. The highest BCUT2D eigenvalue weighted by Gasteiger charge is 2.32. The lowest BCUT2D eigenvalue weighted by Crippen LogP contribution is -2.48. The summed E-state index contributed by atoms with van der Waals surface area (Å²) in [6.45, 7) is 3.16. The summed E-state index contributed by atoms with van der Waals surface area (Å²) in [5, 5.41) is 13.7. The molecule has 2 heterocycles. The average Bonchev–Trinajstić information content (AvgIpc) is 2.65. The van der Waals surface area contributed by atoms with Crippen molar-refractivity contribution in [3.05, 3.63) is 0 Å². The van der Waals surface area contributed by atoms with E-state index in [4.69, 9.17) is 0 Å². The second-order valence-electron chi connectivity index (χ2n) is 4.99. The zero-order valence-corrected chi connectivity index (χ0v) is 10.4. The molecule has 0 aromatic rings. The molecule has 2 saturated heterocycles. The summed E-state index contributed by atoms with van der Waals surface area (Å²) in [5.41, 5.74) is -0.423. The molecule has 0 amide bonds. The Kier molecular flexibility index (Phi) is 3.93. The maximum absolute atomic E-state index is 10.2. The van der Waals surface area contributed by atoms with Crippen molar-refractivity contribution < 1.29 is 5.11 Å². The maximum Gasteiger partial charge on any atom is 0.0869 e. The molecular formula is C11H22N2OS.